The van der Waals surface area contributed by atoms with Crippen LogP contribution in [0.25, 0.3) is 0 Å². The summed E-state index contributed by atoms with van der Waals surface area (Å²) in [5.41, 5.74) is 2.35. The van der Waals surface area contributed by atoms with E-state index in [0.717, 1.165) is 11.1 Å². The summed E-state index contributed by atoms with van der Waals surface area (Å²) in [4.78, 5) is 29.5. The lowest BCUT2D eigenvalue weighted by Crippen LogP contribution is -2.31. The molecule has 4 nitrogen and oxygen atoms in total. The molecule has 1 aliphatic heterocycles. The number of nitrogens with one attached hydrogen (secondary N) is 1. The number of hydrogen-bond donors (Lipinski definition) is 1. The summed E-state index contributed by atoms with van der Waals surface area (Å²) < 4.78 is 12.3. The Hall–Kier alpha value is -2.47. The average molecular weight is 413 g/mol. The predicted molar refractivity (Wildman–Crippen MR) is 116 cm³/mol. The van der Waals surface area contributed by atoms with Crippen molar-refractivity contribution >= 4 is 28.6 Å². The van der Waals surface area contributed by atoms with Gasteiger partial charge in [0.05, 0.1) is 6.04 Å². The van der Waals surface area contributed by atoms with Crippen molar-refractivity contribution < 1.29 is 14.0 Å². The minimum Gasteiger partial charge on any atom is -0.304 e. The Balaban J connectivity index is 1.77. The topological polar surface area (TPSA) is 58.5 Å². The minimum atomic E-state index is -0.818. The molecule has 1 aliphatic rings. The first-order valence-electron chi connectivity index (χ1n) is 9.66. The number of amidine groups is 1. The first-order chi connectivity index (χ1) is 13.7. The smallest absolute Gasteiger partial charge is 0.246 e. The van der Waals surface area contributed by atoms with Crippen molar-refractivity contribution in [2.75, 3.05) is 0 Å². The van der Waals surface area contributed by atoms with Gasteiger partial charge in [0.25, 0.3) is 0 Å². The molecule has 1 N–H and O–H groups in total. The maximum atomic E-state index is 13.1. The molecule has 0 bridgehead atoms. The third kappa shape index (κ3) is 4.75. The van der Waals surface area contributed by atoms with E-state index in [-0.39, 0.29) is 23.5 Å². The van der Waals surface area contributed by atoms with Crippen LogP contribution < -0.4 is 5.32 Å². The van der Waals surface area contributed by atoms with Gasteiger partial charge in [-0.05, 0) is 43.0 Å². The quantitative estimate of drug-likeness (QED) is 0.659. The molecule has 0 aliphatic carbocycles. The second kappa shape index (κ2) is 8.49. The highest BCUT2D eigenvalue weighted by Gasteiger charge is 2.44. The van der Waals surface area contributed by atoms with E-state index in [1.165, 1.54) is 23.9 Å². The molecule has 1 heterocycles. The molecule has 0 saturated carbocycles. The molecular weight excluding hydrogens is 387 g/mol. The molecule has 1 fully saturated rings. The molecule has 6 heteroatoms. The van der Waals surface area contributed by atoms with Crippen LogP contribution >= 0.6 is 11.8 Å². The number of carbonyl (C=O) groups excluding carboxylic acids is 2. The Morgan fingerprint density at radius 3 is 2.31 bits per heavy atom. The normalized spacial score (nSPS) is 21.4. The van der Waals surface area contributed by atoms with Crippen molar-refractivity contribution in [1.82, 2.24) is 5.32 Å². The van der Waals surface area contributed by atoms with E-state index in [4.69, 9.17) is 0 Å². The number of aliphatic imine (C=N–C) groups is 1. The number of nitrogens with zero attached hydrogens (tertiary/aromatic N) is 1. The van der Waals surface area contributed by atoms with Gasteiger partial charge in [-0.1, -0.05) is 62.0 Å². The van der Waals surface area contributed by atoms with Crippen LogP contribution in [-0.4, -0.2) is 16.9 Å². The van der Waals surface area contributed by atoms with Crippen molar-refractivity contribution in [3.05, 3.63) is 71.0 Å². The number of thioether (sulfide) groups is 1. The number of benzene rings is 2. The fourth-order valence-electron chi connectivity index (χ4n) is 3.18. The van der Waals surface area contributed by atoms with Gasteiger partial charge in [-0.15, -0.1) is 0 Å². The molecule has 0 radical (unpaired) electrons. The number of Topliss-reactive ketones (excluding diaryl/α,β-unsaturated/α-hetero) is 1. The zero-order valence-electron chi connectivity index (χ0n) is 17.0. The zero-order valence-corrected chi connectivity index (χ0v) is 17.8. The largest absolute Gasteiger partial charge is 0.304 e. The molecule has 2 atom stereocenters. The van der Waals surface area contributed by atoms with Crippen molar-refractivity contribution in [3.8, 4) is 0 Å². The van der Waals surface area contributed by atoms with Gasteiger partial charge in [-0.3, -0.25) is 14.6 Å². The fourth-order valence-corrected chi connectivity index (χ4v) is 4.32. The average Bonchev–Trinajstić information content (AvgIpc) is 2.96. The minimum absolute atomic E-state index is 0.107. The number of carbonyl (C=O) groups is 2. The summed E-state index contributed by atoms with van der Waals surface area (Å²) in [5.74, 6) is -0.0258. The van der Waals surface area contributed by atoms with Crippen LogP contribution in [0, 0.1) is 11.7 Å². The summed E-state index contributed by atoms with van der Waals surface area (Å²) in [6, 6.07) is 13.2. The SMILES string of the molecule is CC(C)CC(=O)c1ccc(C2(C)SC(=N[C@@H](C)c3ccc(F)cc3)NC2=O)cc1. The highest BCUT2D eigenvalue weighted by atomic mass is 32.2. The summed E-state index contributed by atoms with van der Waals surface area (Å²) >= 11 is 1.36. The maximum absolute atomic E-state index is 13.1. The van der Waals surface area contributed by atoms with Gasteiger partial charge in [-0.25, -0.2) is 4.39 Å². The summed E-state index contributed by atoms with van der Waals surface area (Å²) in [5, 5.41) is 3.39. The van der Waals surface area contributed by atoms with Gasteiger partial charge in [-0.2, -0.15) is 0 Å². The van der Waals surface area contributed by atoms with E-state index in [2.05, 4.69) is 10.3 Å². The third-order valence-electron chi connectivity index (χ3n) is 4.97. The van der Waals surface area contributed by atoms with Crippen molar-refractivity contribution in [2.45, 2.75) is 44.9 Å². The van der Waals surface area contributed by atoms with Crippen molar-refractivity contribution in [2.24, 2.45) is 10.9 Å². The standard InChI is InChI=1S/C23H25FN2O2S/c1-14(2)13-20(27)17-5-9-18(10-6-17)23(4)21(28)26-22(29-23)25-15(3)16-7-11-19(24)12-8-16/h5-12,14-15H,13H2,1-4H3,(H,25,26,28)/t15-,23?/m0/s1. The fraction of sp³-hybridized carbons (Fsp3) is 0.348. The lowest BCUT2D eigenvalue weighted by atomic mass is 9.95. The molecule has 2 aromatic rings. The van der Waals surface area contributed by atoms with E-state index in [1.807, 2.05) is 39.8 Å². The van der Waals surface area contributed by atoms with Gasteiger partial charge >= 0.3 is 0 Å². The Morgan fingerprint density at radius 2 is 1.72 bits per heavy atom. The molecule has 1 unspecified atom stereocenters. The van der Waals surface area contributed by atoms with Crippen LogP contribution in [0.1, 0.15) is 61.6 Å². The molecular formula is C23H25FN2O2S. The van der Waals surface area contributed by atoms with Crippen molar-refractivity contribution in [1.29, 1.82) is 0 Å². The van der Waals surface area contributed by atoms with E-state index in [0.29, 0.717) is 23.1 Å². The Bertz CT molecular complexity index is 938. The number of hydrogen-bond acceptors (Lipinski definition) is 4. The molecule has 29 heavy (non-hydrogen) atoms. The Kier molecular flexibility index (Phi) is 6.22. The summed E-state index contributed by atoms with van der Waals surface area (Å²) in [6.45, 7) is 7.78. The number of halogens is 1. The Morgan fingerprint density at radius 1 is 1.10 bits per heavy atom. The molecule has 0 aromatic heterocycles. The monoisotopic (exact) mass is 412 g/mol. The lowest BCUT2D eigenvalue weighted by Gasteiger charge is -2.19. The summed E-state index contributed by atoms with van der Waals surface area (Å²) in [6.07, 6.45) is 0.504. The van der Waals surface area contributed by atoms with Crippen LogP contribution in [0.5, 0.6) is 0 Å². The third-order valence-corrected chi connectivity index (χ3v) is 6.20. The van der Waals surface area contributed by atoms with Crippen LogP contribution in [0.3, 0.4) is 0 Å². The second-order valence-corrected chi connectivity index (χ2v) is 9.26. The van der Waals surface area contributed by atoms with Gasteiger partial charge in [0.1, 0.15) is 10.6 Å². The number of ketones is 1. The highest BCUT2D eigenvalue weighted by Crippen LogP contribution is 2.41. The zero-order chi connectivity index (χ0) is 21.2. The van der Waals surface area contributed by atoms with Gasteiger partial charge in [0, 0.05) is 12.0 Å². The van der Waals surface area contributed by atoms with E-state index in [1.54, 1.807) is 24.3 Å². The first kappa shape index (κ1) is 21.2. The van der Waals surface area contributed by atoms with Gasteiger partial charge < -0.3 is 5.32 Å². The molecule has 2 aromatic carbocycles. The van der Waals surface area contributed by atoms with Crippen molar-refractivity contribution in [3.63, 3.8) is 0 Å². The first-order valence-corrected chi connectivity index (χ1v) is 10.5. The van der Waals surface area contributed by atoms with Crippen LogP contribution in [-0.2, 0) is 9.54 Å². The van der Waals surface area contributed by atoms with Gasteiger partial charge in [0.15, 0.2) is 11.0 Å². The van der Waals surface area contributed by atoms with E-state index < -0.39 is 4.75 Å². The Labute approximate surface area is 175 Å². The predicted octanol–water partition coefficient (Wildman–Crippen LogP) is 5.25. The van der Waals surface area contributed by atoms with Crippen LogP contribution in [0.15, 0.2) is 53.5 Å². The summed E-state index contributed by atoms with van der Waals surface area (Å²) in [7, 11) is 0. The molecule has 0 spiro atoms. The number of amides is 1. The number of rotatable bonds is 6. The van der Waals surface area contributed by atoms with Crippen LogP contribution in [0.2, 0.25) is 0 Å². The molecule has 152 valence electrons. The lowest BCUT2D eigenvalue weighted by molar-refractivity contribution is -0.121. The van der Waals surface area contributed by atoms with E-state index in [9.17, 15) is 14.0 Å². The van der Waals surface area contributed by atoms with E-state index >= 15 is 0 Å². The maximum Gasteiger partial charge on any atom is 0.246 e. The second-order valence-electron chi connectivity index (χ2n) is 7.85. The molecule has 1 amide bonds. The highest BCUT2D eigenvalue weighted by molar-refractivity contribution is 8.15. The molecule has 1 saturated heterocycles. The van der Waals surface area contributed by atoms with Gasteiger partial charge in [0.2, 0.25) is 5.91 Å². The van der Waals surface area contributed by atoms with Crippen LogP contribution in [0.4, 0.5) is 4.39 Å². The molecule has 3 rings (SSSR count).